The number of anilines is 1. The highest BCUT2D eigenvalue weighted by atomic mass is 16.7. The Hall–Kier alpha value is -2.99. The second-order valence-corrected chi connectivity index (χ2v) is 7.64. The van der Waals surface area contributed by atoms with E-state index < -0.39 is 0 Å². The lowest BCUT2D eigenvalue weighted by atomic mass is 9.96. The zero-order valence-electron chi connectivity index (χ0n) is 16.6. The van der Waals surface area contributed by atoms with Gasteiger partial charge in [0.2, 0.25) is 5.95 Å². The lowest BCUT2D eigenvalue weighted by Crippen LogP contribution is -2.27. The first-order chi connectivity index (χ1) is 13.6. The van der Waals surface area contributed by atoms with Crippen LogP contribution in [0.15, 0.2) is 48.2 Å². The van der Waals surface area contributed by atoms with Crippen molar-refractivity contribution in [1.29, 1.82) is 0 Å². The van der Waals surface area contributed by atoms with Gasteiger partial charge in [0.25, 0.3) is 0 Å². The Bertz CT molecular complexity index is 1080. The summed E-state index contributed by atoms with van der Waals surface area (Å²) in [7, 11) is 4.07. The number of imidazole rings is 1. The molecule has 0 amide bonds. The lowest BCUT2D eigenvalue weighted by Gasteiger charge is -2.30. The molecule has 3 heterocycles. The van der Waals surface area contributed by atoms with Crippen molar-refractivity contribution in [2.75, 3.05) is 25.6 Å². The van der Waals surface area contributed by atoms with E-state index in [2.05, 4.69) is 58.3 Å². The van der Waals surface area contributed by atoms with E-state index in [9.17, 15) is 0 Å². The van der Waals surface area contributed by atoms with Crippen LogP contribution in [0.3, 0.4) is 0 Å². The minimum absolute atomic E-state index is 0.0804. The topological polar surface area (TPSA) is 51.5 Å². The molecule has 2 aliphatic rings. The smallest absolute Gasteiger partial charge is 0.206 e. The molecule has 2 unspecified atom stereocenters. The predicted octanol–water partition coefficient (Wildman–Crippen LogP) is 3.74. The lowest BCUT2D eigenvalue weighted by molar-refractivity contribution is 0.122. The molecule has 144 valence electrons. The normalized spacial score (nSPS) is 21.0. The molecule has 6 heteroatoms. The minimum atomic E-state index is 0.0804. The van der Waals surface area contributed by atoms with Crippen LogP contribution in [0.4, 0.5) is 5.95 Å². The second-order valence-electron chi connectivity index (χ2n) is 7.64. The molecular formula is C22H24N4O2. The molecule has 1 N–H and O–H groups in total. The summed E-state index contributed by atoms with van der Waals surface area (Å²) in [5, 5.41) is 0. The van der Waals surface area contributed by atoms with Crippen molar-refractivity contribution in [1.82, 2.24) is 15.0 Å². The summed E-state index contributed by atoms with van der Waals surface area (Å²) in [4.78, 5) is 12.5. The summed E-state index contributed by atoms with van der Waals surface area (Å²) >= 11 is 0. The zero-order chi connectivity index (χ0) is 19.4. The van der Waals surface area contributed by atoms with Crippen LogP contribution >= 0.6 is 0 Å². The van der Waals surface area contributed by atoms with Crippen molar-refractivity contribution in [2.45, 2.75) is 25.9 Å². The van der Waals surface area contributed by atoms with Gasteiger partial charge in [-0.25, -0.2) is 4.98 Å². The third-order valence-corrected chi connectivity index (χ3v) is 5.56. The van der Waals surface area contributed by atoms with Gasteiger partial charge in [0.05, 0.1) is 17.6 Å². The molecule has 0 fully saturated rings. The van der Waals surface area contributed by atoms with E-state index in [1.807, 2.05) is 27.1 Å². The molecule has 0 saturated heterocycles. The van der Waals surface area contributed by atoms with Crippen LogP contribution in [0.25, 0.3) is 16.6 Å². The van der Waals surface area contributed by atoms with Crippen LogP contribution < -0.4 is 15.1 Å². The summed E-state index contributed by atoms with van der Waals surface area (Å²) < 4.78 is 8.72. The Balaban J connectivity index is 1.79. The highest BCUT2D eigenvalue weighted by Gasteiger charge is 2.33. The maximum atomic E-state index is 6.40. The Morgan fingerprint density at radius 3 is 2.61 bits per heavy atom. The van der Waals surface area contributed by atoms with Gasteiger partial charge in [-0.1, -0.05) is 30.3 Å². The van der Waals surface area contributed by atoms with Crippen LogP contribution in [0, 0.1) is 0 Å². The molecule has 0 saturated carbocycles. The SMILES string of the molecule is CC1=C(c2ccc3nc(N(C)C)n4c3c2OCC4c2ccccc2)C(C)NO1. The summed E-state index contributed by atoms with van der Waals surface area (Å²) in [6.45, 7) is 4.65. The maximum Gasteiger partial charge on any atom is 0.206 e. The molecule has 1 aromatic heterocycles. The monoisotopic (exact) mass is 376 g/mol. The average molecular weight is 376 g/mol. The maximum absolute atomic E-state index is 6.40. The highest BCUT2D eigenvalue weighted by molar-refractivity contribution is 5.93. The number of hydrogen-bond acceptors (Lipinski definition) is 5. The number of rotatable bonds is 3. The molecule has 2 atom stereocenters. The number of benzene rings is 2. The van der Waals surface area contributed by atoms with E-state index in [0.717, 1.165) is 39.6 Å². The summed E-state index contributed by atoms with van der Waals surface area (Å²) in [5.41, 5.74) is 8.46. The Kier molecular flexibility index (Phi) is 3.84. The molecule has 5 rings (SSSR count). The summed E-state index contributed by atoms with van der Waals surface area (Å²) in [6.07, 6.45) is 0. The van der Waals surface area contributed by atoms with E-state index in [4.69, 9.17) is 14.6 Å². The number of allylic oxidation sites excluding steroid dienone is 1. The van der Waals surface area contributed by atoms with E-state index >= 15 is 0 Å². The van der Waals surface area contributed by atoms with Crippen molar-refractivity contribution in [3.05, 3.63) is 59.4 Å². The fourth-order valence-electron chi connectivity index (χ4n) is 4.29. The molecule has 0 radical (unpaired) electrons. The Morgan fingerprint density at radius 1 is 1.14 bits per heavy atom. The molecule has 0 aliphatic carbocycles. The van der Waals surface area contributed by atoms with Gasteiger partial charge in [0.1, 0.15) is 17.9 Å². The third kappa shape index (κ3) is 2.41. The standard InChI is InChI=1S/C22H24N4O2/c1-13-19(14(2)28-24-13)16-10-11-17-20-21(16)27-12-18(15-8-6-5-7-9-15)26(20)22(23-17)25(3)4/h5-11,13,18,24H,12H2,1-4H3. The fraction of sp³-hybridized carbons (Fsp3) is 0.318. The first-order valence-corrected chi connectivity index (χ1v) is 9.59. The van der Waals surface area contributed by atoms with Crippen LogP contribution in [0.5, 0.6) is 5.75 Å². The minimum Gasteiger partial charge on any atom is -0.488 e. The average Bonchev–Trinajstić information content (AvgIpc) is 3.25. The quantitative estimate of drug-likeness (QED) is 0.755. The van der Waals surface area contributed by atoms with Crippen LogP contribution in [0.2, 0.25) is 0 Å². The molecule has 6 nitrogen and oxygen atoms in total. The van der Waals surface area contributed by atoms with E-state index in [1.165, 1.54) is 5.56 Å². The van der Waals surface area contributed by atoms with Crippen molar-refractivity contribution >= 4 is 22.6 Å². The largest absolute Gasteiger partial charge is 0.488 e. The van der Waals surface area contributed by atoms with Crippen molar-refractivity contribution in [2.24, 2.45) is 0 Å². The number of nitrogens with one attached hydrogen (secondary N) is 1. The number of nitrogens with zero attached hydrogens (tertiary/aromatic N) is 3. The molecule has 2 aromatic carbocycles. The van der Waals surface area contributed by atoms with Gasteiger partial charge in [-0.15, -0.1) is 5.48 Å². The van der Waals surface area contributed by atoms with Gasteiger partial charge < -0.3 is 14.5 Å². The van der Waals surface area contributed by atoms with Crippen LogP contribution in [-0.2, 0) is 4.84 Å². The van der Waals surface area contributed by atoms with Crippen LogP contribution in [-0.4, -0.2) is 36.3 Å². The fourth-order valence-corrected chi connectivity index (χ4v) is 4.29. The first kappa shape index (κ1) is 17.1. The summed E-state index contributed by atoms with van der Waals surface area (Å²) in [5.74, 6) is 2.71. The molecule has 0 bridgehead atoms. The van der Waals surface area contributed by atoms with E-state index in [1.54, 1.807) is 0 Å². The van der Waals surface area contributed by atoms with Gasteiger partial charge in [-0.3, -0.25) is 4.57 Å². The zero-order valence-corrected chi connectivity index (χ0v) is 16.6. The van der Waals surface area contributed by atoms with Crippen molar-refractivity contribution in [3.63, 3.8) is 0 Å². The Morgan fingerprint density at radius 2 is 1.93 bits per heavy atom. The molecule has 2 aliphatic heterocycles. The molecule has 0 spiro atoms. The van der Waals surface area contributed by atoms with E-state index in [-0.39, 0.29) is 12.1 Å². The van der Waals surface area contributed by atoms with Gasteiger partial charge >= 0.3 is 0 Å². The van der Waals surface area contributed by atoms with Gasteiger partial charge in [0, 0.05) is 25.2 Å². The molecule has 28 heavy (non-hydrogen) atoms. The number of aromatic nitrogens is 2. The molecular weight excluding hydrogens is 352 g/mol. The van der Waals surface area contributed by atoms with Gasteiger partial charge in [-0.2, -0.15) is 0 Å². The number of hydroxylamine groups is 1. The Labute approximate surface area is 164 Å². The van der Waals surface area contributed by atoms with Gasteiger partial charge in [0.15, 0.2) is 5.75 Å². The van der Waals surface area contributed by atoms with Gasteiger partial charge in [-0.05, 0) is 31.5 Å². The second kappa shape index (κ2) is 6.27. The van der Waals surface area contributed by atoms with E-state index in [0.29, 0.717) is 6.61 Å². The van der Waals surface area contributed by atoms with Crippen molar-refractivity contribution < 1.29 is 9.57 Å². The number of hydrogen-bond donors (Lipinski definition) is 1. The van der Waals surface area contributed by atoms with Crippen LogP contribution in [0.1, 0.15) is 31.0 Å². The molecule has 3 aromatic rings. The third-order valence-electron chi connectivity index (χ3n) is 5.56. The summed E-state index contributed by atoms with van der Waals surface area (Å²) in [6, 6.07) is 14.9. The van der Waals surface area contributed by atoms with Crippen molar-refractivity contribution in [3.8, 4) is 5.75 Å². The predicted molar refractivity (Wildman–Crippen MR) is 110 cm³/mol. The highest BCUT2D eigenvalue weighted by Crippen LogP contribution is 2.44. The first-order valence-electron chi connectivity index (χ1n) is 9.59. The number of ether oxygens (including phenoxy) is 1.